The minimum Gasteiger partial charge on any atom is -0.351 e. The number of fused-ring (bicyclic) bond motifs is 1. The van der Waals surface area contributed by atoms with E-state index in [1.54, 1.807) is 36.5 Å². The van der Waals surface area contributed by atoms with Crippen molar-refractivity contribution in [2.24, 2.45) is 0 Å². The van der Waals surface area contributed by atoms with Crippen molar-refractivity contribution in [2.45, 2.75) is 55.5 Å². The van der Waals surface area contributed by atoms with Gasteiger partial charge in [-0.2, -0.15) is 24.8 Å². The highest BCUT2D eigenvalue weighted by Gasteiger charge is 2.30. The van der Waals surface area contributed by atoms with Crippen molar-refractivity contribution in [2.75, 3.05) is 10.4 Å². The first kappa shape index (κ1) is 23.1. The molecule has 1 fully saturated rings. The van der Waals surface area contributed by atoms with Crippen molar-refractivity contribution in [3.63, 3.8) is 0 Å². The van der Waals surface area contributed by atoms with E-state index in [1.165, 1.54) is 4.52 Å². The molecular weight excluding hydrogens is 464 g/mol. The minimum atomic E-state index is -4.33. The lowest BCUT2D eigenvalue weighted by molar-refractivity contribution is 0.582. The Morgan fingerprint density at radius 1 is 1.09 bits per heavy atom. The van der Waals surface area contributed by atoms with Crippen molar-refractivity contribution in [1.29, 1.82) is 5.26 Å². The molecular formula is C21H24N6O4S2. The third-order valence-corrected chi connectivity index (χ3v) is 9.35. The van der Waals surface area contributed by atoms with Crippen molar-refractivity contribution in [3.05, 3.63) is 47.7 Å². The van der Waals surface area contributed by atoms with E-state index < -0.39 is 29.9 Å². The molecule has 1 aliphatic carbocycles. The number of nitrogens with zero attached hydrogens (tertiary/aromatic N) is 5. The monoisotopic (exact) mass is 488 g/mol. The lowest BCUT2D eigenvalue weighted by Crippen LogP contribution is -2.22. The number of anilines is 1. The smallest absolute Gasteiger partial charge is 0.253 e. The predicted octanol–water partition coefficient (Wildman–Crippen LogP) is 2.28. The van der Waals surface area contributed by atoms with Crippen LogP contribution in [0.5, 0.6) is 0 Å². The Kier molecular flexibility index (Phi) is 6.62. The predicted molar refractivity (Wildman–Crippen MR) is 122 cm³/mol. The van der Waals surface area contributed by atoms with E-state index >= 15 is 0 Å². The van der Waals surface area contributed by atoms with Crippen LogP contribution < -0.4 is 5.32 Å². The standard InChI is InChI=1S/C21H24N6O4S2/c22-12-6-2-5-9-17-13-23-27-19(17)25-21(26-20(27)24-18-10-11-18)33(30,31)15-32(28,29)14-16-7-3-1-4-8-16/h1,3-4,7-8,13,18H,2,5-6,9-11,14-15H2,(H,24,25,26). The normalized spacial score (nSPS) is 14.3. The highest BCUT2D eigenvalue weighted by Crippen LogP contribution is 2.26. The largest absolute Gasteiger partial charge is 0.351 e. The summed E-state index contributed by atoms with van der Waals surface area (Å²) in [4.78, 5) is 8.37. The zero-order valence-electron chi connectivity index (χ0n) is 17.9. The van der Waals surface area contributed by atoms with E-state index in [0.717, 1.165) is 24.8 Å². The lowest BCUT2D eigenvalue weighted by Gasteiger charge is -2.10. The average molecular weight is 489 g/mol. The van der Waals surface area contributed by atoms with Gasteiger partial charge in [0.1, 0.15) is 0 Å². The number of aromatic nitrogens is 4. The summed E-state index contributed by atoms with van der Waals surface area (Å²) in [5.41, 5.74) is 1.55. The van der Waals surface area contributed by atoms with Crippen molar-refractivity contribution >= 4 is 31.3 Å². The molecule has 1 N–H and O–H groups in total. The molecule has 10 nitrogen and oxygen atoms in total. The molecule has 174 valence electrons. The molecule has 3 aromatic rings. The van der Waals surface area contributed by atoms with Crippen LogP contribution in [0, 0.1) is 11.3 Å². The van der Waals surface area contributed by atoms with Gasteiger partial charge in [0.2, 0.25) is 15.8 Å². The number of hydrogen-bond donors (Lipinski definition) is 1. The molecule has 0 aliphatic heterocycles. The van der Waals surface area contributed by atoms with Crippen molar-refractivity contribution in [1.82, 2.24) is 19.6 Å². The van der Waals surface area contributed by atoms with Crippen LogP contribution in [-0.4, -0.2) is 47.5 Å². The molecule has 2 heterocycles. The quantitative estimate of drug-likeness (QED) is 0.401. The Hall–Kier alpha value is -3.04. The van der Waals surface area contributed by atoms with E-state index in [4.69, 9.17) is 5.26 Å². The van der Waals surface area contributed by atoms with Gasteiger partial charge in [-0.05, 0) is 37.7 Å². The summed E-state index contributed by atoms with van der Waals surface area (Å²) in [5.74, 6) is -0.163. The Morgan fingerprint density at radius 2 is 1.85 bits per heavy atom. The number of hydrogen-bond acceptors (Lipinski definition) is 9. The topological polar surface area (TPSA) is 147 Å². The Balaban J connectivity index is 1.65. The Labute approximate surface area is 192 Å². The van der Waals surface area contributed by atoms with Crippen molar-refractivity contribution in [3.8, 4) is 6.07 Å². The first-order chi connectivity index (χ1) is 15.8. The molecule has 0 radical (unpaired) electrons. The van der Waals surface area contributed by atoms with Crippen LogP contribution in [-0.2, 0) is 31.8 Å². The summed E-state index contributed by atoms with van der Waals surface area (Å²) < 4.78 is 52.9. The van der Waals surface area contributed by atoms with Gasteiger partial charge in [-0.15, -0.1) is 0 Å². The molecule has 0 spiro atoms. The van der Waals surface area contributed by atoms with Gasteiger partial charge < -0.3 is 5.32 Å². The summed E-state index contributed by atoms with van der Waals surface area (Å²) in [6, 6.07) is 10.7. The molecule has 0 saturated heterocycles. The lowest BCUT2D eigenvalue weighted by atomic mass is 10.1. The van der Waals surface area contributed by atoms with Crippen LogP contribution in [0.4, 0.5) is 5.95 Å². The van der Waals surface area contributed by atoms with Gasteiger partial charge in [0.25, 0.3) is 5.16 Å². The maximum absolute atomic E-state index is 13.1. The Bertz CT molecular complexity index is 1390. The number of aryl methyl sites for hydroxylation is 1. The summed E-state index contributed by atoms with van der Waals surface area (Å²) in [6.45, 7) is 0. The summed E-state index contributed by atoms with van der Waals surface area (Å²) >= 11 is 0. The number of nitrogens with one attached hydrogen (secondary N) is 1. The number of sulfone groups is 2. The summed E-state index contributed by atoms with van der Waals surface area (Å²) in [5, 5.41) is 14.6. The van der Waals surface area contributed by atoms with Gasteiger partial charge in [0, 0.05) is 18.0 Å². The molecule has 1 aliphatic rings. The number of benzene rings is 1. The van der Waals surface area contributed by atoms with Crippen LogP contribution in [0.2, 0.25) is 0 Å². The maximum atomic E-state index is 13.1. The summed E-state index contributed by atoms with van der Waals surface area (Å²) in [6.07, 6.45) is 5.89. The maximum Gasteiger partial charge on any atom is 0.253 e. The van der Waals surface area contributed by atoms with E-state index in [2.05, 4.69) is 26.5 Å². The van der Waals surface area contributed by atoms with Gasteiger partial charge in [0.15, 0.2) is 20.6 Å². The van der Waals surface area contributed by atoms with Gasteiger partial charge >= 0.3 is 0 Å². The fourth-order valence-corrected chi connectivity index (χ4v) is 7.20. The van der Waals surface area contributed by atoms with E-state index in [-0.39, 0.29) is 17.7 Å². The van der Waals surface area contributed by atoms with Crippen LogP contribution in [0.15, 0.2) is 41.7 Å². The number of unbranched alkanes of at least 4 members (excludes halogenated alkanes) is 2. The van der Waals surface area contributed by atoms with Crippen LogP contribution in [0.1, 0.15) is 43.2 Å². The van der Waals surface area contributed by atoms with Gasteiger partial charge in [-0.3, -0.25) is 0 Å². The SMILES string of the molecule is N#CCCCCc1cnn2c(NC3CC3)nc(S(=O)(=O)CS(=O)(=O)Cc3ccccc3)nc12. The average Bonchev–Trinajstić information content (AvgIpc) is 3.48. The fraction of sp³-hybridized carbons (Fsp3) is 0.429. The van der Waals surface area contributed by atoms with Crippen LogP contribution in [0.25, 0.3) is 5.65 Å². The number of nitriles is 1. The highest BCUT2D eigenvalue weighted by atomic mass is 32.3. The molecule has 0 bridgehead atoms. The molecule has 2 aromatic heterocycles. The molecule has 0 unspecified atom stereocenters. The van der Waals surface area contributed by atoms with Crippen LogP contribution >= 0.6 is 0 Å². The van der Waals surface area contributed by atoms with Gasteiger partial charge in [0.05, 0.1) is 18.0 Å². The van der Waals surface area contributed by atoms with Gasteiger partial charge in [-0.1, -0.05) is 30.3 Å². The van der Waals surface area contributed by atoms with Crippen LogP contribution in [0.3, 0.4) is 0 Å². The molecule has 1 aromatic carbocycles. The third kappa shape index (κ3) is 5.85. The Morgan fingerprint density at radius 3 is 2.55 bits per heavy atom. The molecule has 0 amide bonds. The third-order valence-electron chi connectivity index (χ3n) is 5.16. The summed E-state index contributed by atoms with van der Waals surface area (Å²) in [7, 11) is -8.30. The fourth-order valence-electron chi connectivity index (χ4n) is 3.40. The van der Waals surface area contributed by atoms with E-state index in [1.807, 2.05) is 0 Å². The van der Waals surface area contributed by atoms with Gasteiger partial charge in [-0.25, -0.2) is 16.8 Å². The molecule has 12 heteroatoms. The first-order valence-electron chi connectivity index (χ1n) is 10.6. The first-order valence-corrected chi connectivity index (χ1v) is 14.1. The van der Waals surface area contributed by atoms with E-state index in [9.17, 15) is 16.8 Å². The molecule has 1 saturated carbocycles. The minimum absolute atomic E-state index is 0.170. The molecule has 0 atom stereocenters. The second-order valence-corrected chi connectivity index (χ2v) is 12.4. The van der Waals surface area contributed by atoms with E-state index in [0.29, 0.717) is 30.5 Å². The second kappa shape index (κ2) is 9.44. The second-order valence-electron chi connectivity index (χ2n) is 8.12. The zero-order valence-corrected chi connectivity index (χ0v) is 19.5. The number of rotatable bonds is 11. The molecule has 33 heavy (non-hydrogen) atoms. The zero-order chi connectivity index (χ0) is 23.5. The molecule has 4 rings (SSSR count). The van der Waals surface area contributed by atoms with Crippen molar-refractivity contribution < 1.29 is 16.8 Å². The highest BCUT2D eigenvalue weighted by molar-refractivity contribution is 8.07.